The molecule has 1 unspecified atom stereocenters. The highest BCUT2D eigenvalue weighted by atomic mass is 19.4. The topological polar surface area (TPSA) is 12.0 Å². The van der Waals surface area contributed by atoms with Gasteiger partial charge in [0.1, 0.15) is 0 Å². The van der Waals surface area contributed by atoms with Crippen LogP contribution in [-0.2, 0) is 12.6 Å². The van der Waals surface area contributed by atoms with Crippen LogP contribution in [0.15, 0.2) is 36.9 Å². The molecule has 0 aliphatic carbocycles. The van der Waals surface area contributed by atoms with E-state index in [4.69, 9.17) is 0 Å². The van der Waals surface area contributed by atoms with Crippen LogP contribution in [0.25, 0.3) is 0 Å². The Hall–Kier alpha value is -1.29. The largest absolute Gasteiger partial charge is 0.416 e. The molecule has 0 aliphatic rings. The van der Waals surface area contributed by atoms with Gasteiger partial charge in [-0.05, 0) is 30.5 Å². The van der Waals surface area contributed by atoms with E-state index in [0.717, 1.165) is 12.6 Å². The Bertz CT molecular complexity index is 465. The first-order chi connectivity index (χ1) is 9.66. The normalized spacial score (nSPS) is 15.0. The van der Waals surface area contributed by atoms with Gasteiger partial charge in [0, 0.05) is 12.0 Å². The van der Waals surface area contributed by atoms with E-state index < -0.39 is 11.7 Å². The minimum Gasteiger partial charge on any atom is -0.316 e. The van der Waals surface area contributed by atoms with Gasteiger partial charge in [0.15, 0.2) is 0 Å². The summed E-state index contributed by atoms with van der Waals surface area (Å²) in [7, 11) is 0. The fourth-order valence-corrected chi connectivity index (χ4v) is 2.18. The van der Waals surface area contributed by atoms with Gasteiger partial charge in [-0.2, -0.15) is 13.2 Å². The van der Waals surface area contributed by atoms with Crippen molar-refractivity contribution >= 4 is 0 Å². The highest BCUT2D eigenvalue weighted by Gasteiger charge is 2.31. The molecule has 0 amide bonds. The summed E-state index contributed by atoms with van der Waals surface area (Å²) in [5, 5.41) is 3.35. The molecular weight excluding hydrogens is 275 g/mol. The van der Waals surface area contributed by atoms with Crippen molar-refractivity contribution in [2.75, 3.05) is 13.1 Å². The zero-order valence-corrected chi connectivity index (χ0v) is 12.9. The Balaban J connectivity index is 2.79. The summed E-state index contributed by atoms with van der Waals surface area (Å²) < 4.78 is 38.2. The van der Waals surface area contributed by atoms with Gasteiger partial charge in [-0.1, -0.05) is 45.0 Å². The lowest BCUT2D eigenvalue weighted by Crippen LogP contribution is -2.34. The van der Waals surface area contributed by atoms with E-state index in [1.807, 2.05) is 13.0 Å². The van der Waals surface area contributed by atoms with Crippen LogP contribution >= 0.6 is 0 Å². The summed E-state index contributed by atoms with van der Waals surface area (Å²) in [6, 6.07) is 5.53. The predicted octanol–water partition coefficient (Wildman–Crippen LogP) is 4.69. The Morgan fingerprint density at radius 1 is 1.29 bits per heavy atom. The summed E-state index contributed by atoms with van der Waals surface area (Å²) in [4.78, 5) is 0. The Morgan fingerprint density at radius 2 is 1.95 bits per heavy atom. The maximum absolute atomic E-state index is 12.7. The fourth-order valence-electron chi connectivity index (χ4n) is 2.18. The standard InChI is InChI=1S/C17H24F3N/c1-5-16(4,12-21-11-13(2)3)10-14-7-6-8-15(9-14)17(18,19)20/h5-9,13,21H,1,10-12H2,2-4H3. The summed E-state index contributed by atoms with van der Waals surface area (Å²) in [6.07, 6.45) is -1.94. The van der Waals surface area contributed by atoms with Gasteiger partial charge in [-0.15, -0.1) is 6.58 Å². The summed E-state index contributed by atoms with van der Waals surface area (Å²) >= 11 is 0. The molecule has 0 saturated carbocycles. The van der Waals surface area contributed by atoms with Crippen LogP contribution in [0.3, 0.4) is 0 Å². The predicted molar refractivity (Wildman–Crippen MR) is 81.2 cm³/mol. The molecule has 1 aromatic rings. The van der Waals surface area contributed by atoms with Gasteiger partial charge in [0.2, 0.25) is 0 Å². The average molecular weight is 299 g/mol. The van der Waals surface area contributed by atoms with E-state index in [9.17, 15) is 13.2 Å². The van der Waals surface area contributed by atoms with Crippen LogP contribution in [0.2, 0.25) is 0 Å². The van der Waals surface area contributed by atoms with Crippen molar-refractivity contribution < 1.29 is 13.2 Å². The number of alkyl halides is 3. The van der Waals surface area contributed by atoms with E-state index in [-0.39, 0.29) is 5.41 Å². The van der Waals surface area contributed by atoms with E-state index in [0.29, 0.717) is 24.4 Å². The monoisotopic (exact) mass is 299 g/mol. The van der Waals surface area contributed by atoms with Gasteiger partial charge in [-0.3, -0.25) is 0 Å². The van der Waals surface area contributed by atoms with Gasteiger partial charge in [0.25, 0.3) is 0 Å². The van der Waals surface area contributed by atoms with Crippen molar-refractivity contribution in [3.8, 4) is 0 Å². The molecule has 1 atom stereocenters. The molecule has 21 heavy (non-hydrogen) atoms. The SMILES string of the molecule is C=CC(C)(CNCC(C)C)Cc1cccc(C(F)(F)F)c1. The molecule has 0 bridgehead atoms. The highest BCUT2D eigenvalue weighted by Crippen LogP contribution is 2.31. The molecule has 4 heteroatoms. The molecule has 1 N–H and O–H groups in total. The third kappa shape index (κ3) is 5.92. The minimum absolute atomic E-state index is 0.265. The quantitative estimate of drug-likeness (QED) is 0.720. The first-order valence-electron chi connectivity index (χ1n) is 7.17. The molecule has 0 fully saturated rings. The van der Waals surface area contributed by atoms with Crippen LogP contribution in [0.1, 0.15) is 31.9 Å². The maximum Gasteiger partial charge on any atom is 0.416 e. The molecule has 0 aliphatic heterocycles. The number of hydrogen-bond donors (Lipinski definition) is 1. The number of halogens is 3. The summed E-state index contributed by atoms with van der Waals surface area (Å²) in [5.74, 6) is 0.535. The van der Waals surface area contributed by atoms with E-state index >= 15 is 0 Å². The van der Waals surface area contributed by atoms with Crippen LogP contribution in [0, 0.1) is 11.3 Å². The van der Waals surface area contributed by atoms with Crippen molar-refractivity contribution in [2.45, 2.75) is 33.4 Å². The third-order valence-electron chi connectivity index (χ3n) is 3.44. The summed E-state index contributed by atoms with van der Waals surface area (Å²) in [6.45, 7) is 11.7. The molecule has 118 valence electrons. The van der Waals surface area contributed by atoms with Crippen LogP contribution in [0.5, 0.6) is 0 Å². The summed E-state index contributed by atoms with van der Waals surface area (Å²) in [5.41, 5.74) is -0.181. The molecule has 0 heterocycles. The highest BCUT2D eigenvalue weighted by molar-refractivity contribution is 5.27. The van der Waals surface area contributed by atoms with Crippen molar-refractivity contribution in [2.24, 2.45) is 11.3 Å². The third-order valence-corrected chi connectivity index (χ3v) is 3.44. The van der Waals surface area contributed by atoms with Crippen molar-refractivity contribution in [3.05, 3.63) is 48.0 Å². The molecule has 0 radical (unpaired) electrons. The van der Waals surface area contributed by atoms with Crippen LogP contribution in [0.4, 0.5) is 13.2 Å². The lowest BCUT2D eigenvalue weighted by atomic mass is 9.83. The fraction of sp³-hybridized carbons (Fsp3) is 0.529. The lowest BCUT2D eigenvalue weighted by Gasteiger charge is -2.27. The van der Waals surface area contributed by atoms with Crippen LogP contribution < -0.4 is 5.32 Å². The smallest absolute Gasteiger partial charge is 0.316 e. The molecular formula is C17H24F3N. The Morgan fingerprint density at radius 3 is 2.48 bits per heavy atom. The van der Waals surface area contributed by atoms with E-state index in [1.165, 1.54) is 12.1 Å². The van der Waals surface area contributed by atoms with E-state index in [2.05, 4.69) is 25.7 Å². The zero-order chi connectivity index (χ0) is 16.1. The molecule has 1 rings (SSSR count). The average Bonchev–Trinajstić information content (AvgIpc) is 2.37. The van der Waals surface area contributed by atoms with Crippen molar-refractivity contribution in [3.63, 3.8) is 0 Å². The second kappa shape index (κ2) is 7.12. The Kier molecular flexibility index (Phi) is 6.02. The van der Waals surface area contributed by atoms with Gasteiger partial charge in [0.05, 0.1) is 5.56 Å². The number of rotatable bonds is 7. The maximum atomic E-state index is 12.7. The molecule has 0 spiro atoms. The molecule has 1 nitrogen and oxygen atoms in total. The second-order valence-corrected chi connectivity index (χ2v) is 6.26. The first-order valence-corrected chi connectivity index (χ1v) is 7.17. The minimum atomic E-state index is -4.30. The van der Waals surface area contributed by atoms with Gasteiger partial charge in [-0.25, -0.2) is 0 Å². The zero-order valence-electron chi connectivity index (χ0n) is 12.9. The second-order valence-electron chi connectivity index (χ2n) is 6.26. The molecule has 0 saturated heterocycles. The van der Waals surface area contributed by atoms with Crippen molar-refractivity contribution in [1.29, 1.82) is 0 Å². The Labute approximate surface area is 125 Å². The van der Waals surface area contributed by atoms with Crippen molar-refractivity contribution in [1.82, 2.24) is 5.32 Å². The number of benzene rings is 1. The van der Waals surface area contributed by atoms with Gasteiger partial charge >= 0.3 is 6.18 Å². The van der Waals surface area contributed by atoms with Crippen LogP contribution in [-0.4, -0.2) is 13.1 Å². The molecule has 0 aromatic heterocycles. The number of hydrogen-bond acceptors (Lipinski definition) is 1. The molecule has 1 aromatic carbocycles. The first kappa shape index (κ1) is 17.8. The lowest BCUT2D eigenvalue weighted by molar-refractivity contribution is -0.137. The van der Waals surface area contributed by atoms with Gasteiger partial charge < -0.3 is 5.32 Å². The van der Waals surface area contributed by atoms with E-state index in [1.54, 1.807) is 6.07 Å². The number of nitrogens with one attached hydrogen (secondary N) is 1.